The van der Waals surface area contributed by atoms with Crippen molar-refractivity contribution in [1.82, 2.24) is 9.80 Å². The van der Waals surface area contributed by atoms with Crippen molar-refractivity contribution in [2.24, 2.45) is 0 Å². The molecule has 4 heteroatoms. The van der Waals surface area contributed by atoms with E-state index in [9.17, 15) is 4.79 Å². The summed E-state index contributed by atoms with van der Waals surface area (Å²) in [6.45, 7) is 9.28. The van der Waals surface area contributed by atoms with Crippen LogP contribution in [-0.2, 0) is 6.42 Å². The summed E-state index contributed by atoms with van der Waals surface area (Å²) < 4.78 is 0. The minimum atomic E-state index is 0.236. The van der Waals surface area contributed by atoms with Crippen molar-refractivity contribution >= 4 is 17.2 Å². The summed E-state index contributed by atoms with van der Waals surface area (Å²) in [6.07, 6.45) is 2.03. The van der Waals surface area contributed by atoms with E-state index in [1.54, 1.807) is 11.3 Å². The van der Waals surface area contributed by atoms with Crippen LogP contribution in [0.1, 0.15) is 35.5 Å². The van der Waals surface area contributed by atoms with Gasteiger partial charge in [0.25, 0.3) is 5.91 Å². The molecule has 0 aliphatic carbocycles. The summed E-state index contributed by atoms with van der Waals surface area (Å²) in [7, 11) is 0. The fourth-order valence-corrected chi connectivity index (χ4v) is 3.40. The summed E-state index contributed by atoms with van der Waals surface area (Å²) in [5.74, 6) is 0.236. The average molecular weight is 266 g/mol. The third-order valence-electron chi connectivity index (χ3n) is 3.64. The van der Waals surface area contributed by atoms with Crippen LogP contribution in [-0.4, -0.2) is 48.4 Å². The van der Waals surface area contributed by atoms with Crippen LogP contribution in [0.15, 0.2) is 11.4 Å². The zero-order valence-electron chi connectivity index (χ0n) is 11.3. The number of hydrogen-bond donors (Lipinski definition) is 0. The molecule has 1 fully saturated rings. The third kappa shape index (κ3) is 2.93. The van der Waals surface area contributed by atoms with Gasteiger partial charge >= 0.3 is 0 Å². The maximum atomic E-state index is 12.5. The van der Waals surface area contributed by atoms with Gasteiger partial charge in [-0.1, -0.05) is 13.8 Å². The van der Waals surface area contributed by atoms with E-state index in [-0.39, 0.29) is 5.91 Å². The maximum Gasteiger partial charge on any atom is 0.264 e. The van der Waals surface area contributed by atoms with Crippen molar-refractivity contribution in [3.8, 4) is 0 Å². The molecule has 0 N–H and O–H groups in total. The van der Waals surface area contributed by atoms with E-state index in [0.717, 1.165) is 50.4 Å². The van der Waals surface area contributed by atoms with Crippen LogP contribution in [0.5, 0.6) is 0 Å². The molecule has 3 nitrogen and oxygen atoms in total. The normalized spacial score (nSPS) is 17.8. The summed E-state index contributed by atoms with van der Waals surface area (Å²) in [5.41, 5.74) is 1.20. The van der Waals surface area contributed by atoms with Crippen LogP contribution in [0.3, 0.4) is 0 Å². The minimum absolute atomic E-state index is 0.236. The van der Waals surface area contributed by atoms with E-state index in [4.69, 9.17) is 0 Å². The summed E-state index contributed by atoms with van der Waals surface area (Å²) in [6, 6.07) is 2.08. The van der Waals surface area contributed by atoms with Gasteiger partial charge in [0.1, 0.15) is 0 Å². The molecule has 2 heterocycles. The monoisotopic (exact) mass is 266 g/mol. The number of amides is 1. The zero-order valence-corrected chi connectivity index (χ0v) is 12.1. The molecule has 1 aliphatic rings. The van der Waals surface area contributed by atoms with Gasteiger partial charge in [-0.25, -0.2) is 0 Å². The number of thiophene rings is 1. The van der Waals surface area contributed by atoms with Gasteiger partial charge in [-0.2, -0.15) is 0 Å². The number of nitrogens with zero attached hydrogens (tertiary/aromatic N) is 2. The Labute approximate surface area is 113 Å². The lowest BCUT2D eigenvalue weighted by Gasteiger charge is -2.21. The molecule has 0 radical (unpaired) electrons. The van der Waals surface area contributed by atoms with Gasteiger partial charge < -0.3 is 9.80 Å². The molecular formula is C14H22N2OS. The molecule has 1 amide bonds. The Morgan fingerprint density at radius 2 is 2.11 bits per heavy atom. The molecule has 0 atom stereocenters. The van der Waals surface area contributed by atoms with Crippen LogP contribution in [0.4, 0.5) is 0 Å². The van der Waals surface area contributed by atoms with Gasteiger partial charge in [0.2, 0.25) is 0 Å². The number of aryl methyl sites for hydroxylation is 1. The summed E-state index contributed by atoms with van der Waals surface area (Å²) in [4.78, 5) is 17.9. The highest BCUT2D eigenvalue weighted by Gasteiger charge is 2.22. The Balaban J connectivity index is 2.05. The highest BCUT2D eigenvalue weighted by molar-refractivity contribution is 7.12. The molecule has 0 unspecified atom stereocenters. The number of likely N-dealkylation sites (N-methyl/N-ethyl adjacent to an activating group) is 1. The summed E-state index contributed by atoms with van der Waals surface area (Å²) >= 11 is 1.58. The van der Waals surface area contributed by atoms with E-state index in [1.165, 1.54) is 5.56 Å². The van der Waals surface area contributed by atoms with Crippen LogP contribution >= 0.6 is 11.3 Å². The molecule has 18 heavy (non-hydrogen) atoms. The van der Waals surface area contributed by atoms with Crippen molar-refractivity contribution < 1.29 is 4.79 Å². The Morgan fingerprint density at radius 1 is 1.28 bits per heavy atom. The molecule has 100 valence electrons. The second-order valence-corrected chi connectivity index (χ2v) is 5.62. The number of hydrogen-bond acceptors (Lipinski definition) is 3. The Kier molecular flexibility index (Phi) is 4.78. The second-order valence-electron chi connectivity index (χ2n) is 4.71. The predicted molar refractivity (Wildman–Crippen MR) is 76.3 cm³/mol. The topological polar surface area (TPSA) is 23.6 Å². The number of carbonyl (C=O) groups excluding carboxylic acids is 1. The fraction of sp³-hybridized carbons (Fsp3) is 0.643. The molecule has 0 saturated carbocycles. The Morgan fingerprint density at radius 3 is 2.83 bits per heavy atom. The fourth-order valence-electron chi connectivity index (χ4n) is 2.44. The average Bonchev–Trinajstić information content (AvgIpc) is 2.74. The molecule has 1 aliphatic heterocycles. The lowest BCUT2D eigenvalue weighted by molar-refractivity contribution is 0.0765. The van der Waals surface area contributed by atoms with E-state index in [0.29, 0.717) is 0 Å². The Bertz CT molecular complexity index is 402. The van der Waals surface area contributed by atoms with E-state index in [1.807, 2.05) is 10.3 Å². The highest BCUT2D eigenvalue weighted by atomic mass is 32.1. The second kappa shape index (κ2) is 6.34. The zero-order chi connectivity index (χ0) is 13.0. The van der Waals surface area contributed by atoms with Gasteiger partial charge in [0.05, 0.1) is 4.88 Å². The molecule has 1 saturated heterocycles. The van der Waals surface area contributed by atoms with Crippen molar-refractivity contribution in [3.05, 3.63) is 21.9 Å². The molecule has 2 rings (SSSR count). The Hall–Kier alpha value is -0.870. The van der Waals surface area contributed by atoms with Crippen LogP contribution in [0.25, 0.3) is 0 Å². The van der Waals surface area contributed by atoms with Gasteiger partial charge in [0.15, 0.2) is 0 Å². The highest BCUT2D eigenvalue weighted by Crippen LogP contribution is 2.20. The minimum Gasteiger partial charge on any atom is -0.337 e. The first-order chi connectivity index (χ1) is 8.76. The van der Waals surface area contributed by atoms with E-state index < -0.39 is 0 Å². The standard InChI is InChI=1S/C14H22N2OS/c1-3-12-6-11-18-13(12)14(17)16-8-5-7-15(4-2)9-10-16/h6,11H,3-5,7-10H2,1-2H3. The van der Waals surface area contributed by atoms with Gasteiger partial charge in [-0.15, -0.1) is 11.3 Å². The largest absolute Gasteiger partial charge is 0.337 e. The van der Waals surface area contributed by atoms with Crippen molar-refractivity contribution in [2.75, 3.05) is 32.7 Å². The first-order valence-corrected chi connectivity index (χ1v) is 7.72. The predicted octanol–water partition coefficient (Wildman–Crippen LogP) is 2.48. The van der Waals surface area contributed by atoms with Crippen molar-refractivity contribution in [1.29, 1.82) is 0 Å². The van der Waals surface area contributed by atoms with Gasteiger partial charge in [0, 0.05) is 19.6 Å². The lowest BCUT2D eigenvalue weighted by atomic mass is 10.2. The van der Waals surface area contributed by atoms with E-state index in [2.05, 4.69) is 24.8 Å². The van der Waals surface area contributed by atoms with Crippen LogP contribution in [0.2, 0.25) is 0 Å². The SMILES string of the molecule is CCc1ccsc1C(=O)N1CCCN(CC)CC1. The van der Waals surface area contributed by atoms with E-state index >= 15 is 0 Å². The first-order valence-electron chi connectivity index (χ1n) is 6.84. The third-order valence-corrected chi connectivity index (χ3v) is 4.59. The lowest BCUT2D eigenvalue weighted by Crippen LogP contribution is -2.35. The molecule has 1 aromatic rings. The van der Waals surface area contributed by atoms with Gasteiger partial charge in [-0.3, -0.25) is 4.79 Å². The summed E-state index contributed by atoms with van der Waals surface area (Å²) in [5, 5.41) is 2.03. The first kappa shape index (κ1) is 13.6. The molecule has 1 aromatic heterocycles. The molecule has 0 bridgehead atoms. The molecule has 0 spiro atoms. The van der Waals surface area contributed by atoms with Crippen molar-refractivity contribution in [2.45, 2.75) is 26.7 Å². The van der Waals surface area contributed by atoms with Crippen LogP contribution < -0.4 is 0 Å². The van der Waals surface area contributed by atoms with Crippen LogP contribution in [0, 0.1) is 0 Å². The number of rotatable bonds is 3. The number of carbonyl (C=O) groups is 1. The smallest absolute Gasteiger partial charge is 0.264 e. The van der Waals surface area contributed by atoms with Crippen molar-refractivity contribution in [3.63, 3.8) is 0 Å². The quantitative estimate of drug-likeness (QED) is 0.839. The van der Waals surface area contributed by atoms with Gasteiger partial charge in [-0.05, 0) is 42.9 Å². The maximum absolute atomic E-state index is 12.5. The molecule has 0 aromatic carbocycles. The molecular weight excluding hydrogens is 244 g/mol.